The molecule has 0 radical (unpaired) electrons. The molecule has 0 bridgehead atoms. The van der Waals surface area contributed by atoms with Crippen LogP contribution in [-0.2, 0) is 25.5 Å². The lowest BCUT2D eigenvalue weighted by Gasteiger charge is -2.63. The molecular weight excluding hydrogens is 841 g/mol. The Kier molecular flexibility index (Phi) is 13.5. The van der Waals surface area contributed by atoms with Crippen LogP contribution in [-0.4, -0.2) is 116 Å². The van der Waals surface area contributed by atoms with Crippen LogP contribution >= 0.6 is 11.6 Å². The van der Waals surface area contributed by atoms with E-state index in [1.807, 2.05) is 0 Å². The highest BCUT2D eigenvalue weighted by Gasteiger charge is 2.65. The molecule has 4 saturated carbocycles. The Bertz CT molecular complexity index is 2200. The maximum atomic E-state index is 14.0. The first-order valence-electron chi connectivity index (χ1n) is 23.4. The van der Waals surface area contributed by atoms with Crippen molar-refractivity contribution in [1.82, 2.24) is 25.1 Å². The zero-order valence-electron chi connectivity index (χ0n) is 37.5. The molecule has 64 heavy (non-hydrogen) atoms. The lowest BCUT2D eigenvalue weighted by atomic mass is 9.43. The quantitative estimate of drug-likeness (QED) is 0.106. The molecule has 1 saturated heterocycles. The summed E-state index contributed by atoms with van der Waals surface area (Å²) in [6, 6.07) is 8.08. The minimum absolute atomic E-state index is 0.00989. The molecule has 3 unspecified atom stereocenters. The van der Waals surface area contributed by atoms with Crippen molar-refractivity contribution < 1.29 is 43.6 Å². The molecule has 1 aromatic carbocycles. The van der Waals surface area contributed by atoms with Crippen LogP contribution in [0.15, 0.2) is 42.6 Å². The van der Waals surface area contributed by atoms with Crippen molar-refractivity contribution in [3.63, 3.8) is 0 Å². The fourth-order valence-electron chi connectivity index (χ4n) is 13.2. The molecule has 5 fully saturated rings. The average Bonchev–Trinajstić information content (AvgIpc) is 3.85. The Morgan fingerprint density at radius 2 is 1.75 bits per heavy atom. The summed E-state index contributed by atoms with van der Waals surface area (Å²) in [6.45, 7) is 7.10. The zero-order valence-corrected chi connectivity index (χ0v) is 38.2. The van der Waals surface area contributed by atoms with Gasteiger partial charge in [0.15, 0.2) is 0 Å². The van der Waals surface area contributed by atoms with Gasteiger partial charge in [-0.3, -0.25) is 19.2 Å². The first kappa shape index (κ1) is 46.4. The van der Waals surface area contributed by atoms with E-state index in [0.29, 0.717) is 48.6 Å². The molecule has 2 aromatic heterocycles. The Hall–Kier alpha value is -4.11. The van der Waals surface area contributed by atoms with Gasteiger partial charge in [-0.1, -0.05) is 44.5 Å². The SMILES string of the molecule is C[C@H](CCC(=O)N(C)CC(=O)OC1CCN(C(=O)[C@H](Cc2ccc(F)cc2)NC(=O)c2cc3cc(Cl)ncc3[nH]2)CC1)[C@H]1CCC2C3C(C[C@H](O)[C@@]21C)[C@@]1(C)CC[C@@H](O)C[C@H]1C[C@H]3O. The van der Waals surface area contributed by atoms with E-state index in [0.717, 1.165) is 32.1 Å². The Balaban J connectivity index is 0.809. The second-order valence-electron chi connectivity index (χ2n) is 20.4. The smallest absolute Gasteiger partial charge is 0.325 e. The van der Waals surface area contributed by atoms with E-state index >= 15 is 0 Å². The lowest BCUT2D eigenvalue weighted by molar-refractivity contribution is -0.207. The summed E-state index contributed by atoms with van der Waals surface area (Å²) in [5, 5.41) is 37.9. The third-order valence-electron chi connectivity index (χ3n) is 16.9. The molecule has 1 aliphatic heterocycles. The number of benzene rings is 1. The number of esters is 1. The molecule has 5 N–H and O–H groups in total. The summed E-state index contributed by atoms with van der Waals surface area (Å²) in [5.74, 6) is -0.727. The number of H-pyrrole nitrogens is 1. The van der Waals surface area contributed by atoms with Crippen LogP contribution in [0.3, 0.4) is 0 Å². The molecule has 13 nitrogen and oxygen atoms in total. The van der Waals surface area contributed by atoms with Crippen molar-refractivity contribution in [3.05, 3.63) is 64.8 Å². The monoisotopic (exact) mass is 905 g/mol. The fourth-order valence-corrected chi connectivity index (χ4v) is 13.4. The van der Waals surface area contributed by atoms with Crippen molar-refractivity contribution in [3.8, 4) is 0 Å². The number of aliphatic hydroxyl groups excluding tert-OH is 3. The van der Waals surface area contributed by atoms with E-state index in [-0.39, 0.29) is 108 Å². The maximum Gasteiger partial charge on any atom is 0.325 e. The maximum absolute atomic E-state index is 14.0. The van der Waals surface area contributed by atoms with Crippen LogP contribution in [0, 0.1) is 52.2 Å². The molecule has 8 rings (SSSR count). The molecule has 4 aliphatic carbocycles. The van der Waals surface area contributed by atoms with E-state index in [9.17, 15) is 38.9 Å². The van der Waals surface area contributed by atoms with Gasteiger partial charge in [-0.25, -0.2) is 9.37 Å². The highest BCUT2D eigenvalue weighted by atomic mass is 35.5. The molecule has 15 heteroatoms. The van der Waals surface area contributed by atoms with Crippen LogP contribution in [0.4, 0.5) is 4.39 Å². The van der Waals surface area contributed by atoms with Gasteiger partial charge in [-0.2, -0.15) is 0 Å². The molecule has 5 aliphatic rings. The van der Waals surface area contributed by atoms with Crippen molar-refractivity contribution in [2.24, 2.45) is 46.3 Å². The zero-order chi connectivity index (χ0) is 45.7. The van der Waals surface area contributed by atoms with E-state index in [1.165, 1.54) is 23.2 Å². The van der Waals surface area contributed by atoms with Crippen molar-refractivity contribution in [2.45, 2.75) is 128 Å². The summed E-state index contributed by atoms with van der Waals surface area (Å²) in [5.41, 5.74) is 1.16. The number of nitrogens with one attached hydrogen (secondary N) is 2. The molecule has 0 spiro atoms. The van der Waals surface area contributed by atoms with E-state index in [4.69, 9.17) is 16.3 Å². The normalized spacial score (nSPS) is 32.5. The molecular formula is C49H65ClFN5O8. The standard InChI is InChI=1S/C49H65ClFN5O8/c1-27(34-10-11-35-45-36(24-41(59)49(34,35)3)48(2)16-13-32(57)22-30(48)23-40(45)58)5-12-43(60)55(4)26-44(61)64-33-14-17-56(18-15-33)47(63)38(19-28-6-8-31(51)9-7-28)54-46(62)37-20-29-21-42(50)52-25-39(29)53-37/h6-9,20-21,25,27,30,32-36,38,40-41,45,53,57-59H,5,10-19,22-24,26H2,1-4H3,(H,54,62)/t27-,30+,32-,34-,35?,36?,38+,40-,41+,45?,48+,49-/m1/s1. The Morgan fingerprint density at radius 1 is 1.02 bits per heavy atom. The number of likely N-dealkylation sites (tertiary alicyclic amines) is 1. The number of halogens is 2. The van der Waals surface area contributed by atoms with Crippen molar-refractivity contribution in [2.75, 3.05) is 26.7 Å². The fraction of sp³-hybridized carbons (Fsp3) is 0.653. The third-order valence-corrected chi connectivity index (χ3v) is 17.1. The number of aromatic nitrogens is 2. The second kappa shape index (κ2) is 18.6. The molecule has 348 valence electrons. The van der Waals surface area contributed by atoms with Gasteiger partial charge in [0.05, 0.1) is 30.0 Å². The van der Waals surface area contributed by atoms with Gasteiger partial charge < -0.3 is 40.2 Å². The Morgan fingerprint density at radius 3 is 2.48 bits per heavy atom. The number of hydrogen-bond donors (Lipinski definition) is 5. The number of carbonyl (C=O) groups is 4. The number of aliphatic hydroxyl groups is 3. The number of ether oxygens (including phenoxy) is 1. The minimum Gasteiger partial charge on any atom is -0.461 e. The van der Waals surface area contributed by atoms with Crippen LogP contribution < -0.4 is 5.32 Å². The number of nitrogens with zero attached hydrogens (tertiary/aromatic N) is 3. The summed E-state index contributed by atoms with van der Waals surface area (Å²) in [4.78, 5) is 64.0. The molecule has 3 heterocycles. The minimum atomic E-state index is -0.958. The first-order valence-corrected chi connectivity index (χ1v) is 23.8. The van der Waals surface area contributed by atoms with E-state index in [1.54, 1.807) is 36.2 Å². The third kappa shape index (κ3) is 9.18. The summed E-state index contributed by atoms with van der Waals surface area (Å²) in [7, 11) is 1.60. The van der Waals surface area contributed by atoms with Crippen LogP contribution in [0.5, 0.6) is 0 Å². The predicted molar refractivity (Wildman–Crippen MR) is 238 cm³/mol. The topological polar surface area (TPSA) is 185 Å². The number of carbonyl (C=O) groups excluding carboxylic acids is 4. The summed E-state index contributed by atoms with van der Waals surface area (Å²) >= 11 is 6.03. The number of rotatable bonds is 12. The highest BCUT2D eigenvalue weighted by Crippen LogP contribution is 2.68. The van der Waals surface area contributed by atoms with Crippen LogP contribution in [0.2, 0.25) is 5.15 Å². The molecule has 3 amide bonds. The molecule has 12 atom stereocenters. The van der Waals surface area contributed by atoms with E-state index in [2.05, 4.69) is 36.1 Å². The van der Waals surface area contributed by atoms with E-state index < -0.39 is 42.0 Å². The number of aromatic amines is 1. The van der Waals surface area contributed by atoms with Crippen LogP contribution in [0.25, 0.3) is 10.9 Å². The van der Waals surface area contributed by atoms with Gasteiger partial charge in [-0.05, 0) is 128 Å². The first-order chi connectivity index (χ1) is 30.4. The van der Waals surface area contributed by atoms with Gasteiger partial charge in [0, 0.05) is 51.2 Å². The second-order valence-corrected chi connectivity index (χ2v) is 20.8. The largest absolute Gasteiger partial charge is 0.461 e. The van der Waals surface area contributed by atoms with Crippen LogP contribution in [0.1, 0.15) is 107 Å². The van der Waals surface area contributed by atoms with Gasteiger partial charge >= 0.3 is 5.97 Å². The summed E-state index contributed by atoms with van der Waals surface area (Å²) < 4.78 is 19.5. The molecule has 3 aromatic rings. The van der Waals surface area contributed by atoms with Gasteiger partial charge in [-0.15, -0.1) is 0 Å². The van der Waals surface area contributed by atoms with Crippen molar-refractivity contribution >= 4 is 46.2 Å². The number of amides is 3. The number of pyridine rings is 1. The number of hydrogen-bond acceptors (Lipinski definition) is 9. The number of fused-ring (bicyclic) bond motifs is 6. The van der Waals surface area contributed by atoms with Gasteiger partial charge in [0.1, 0.15) is 35.4 Å². The Labute approximate surface area is 379 Å². The number of piperidine rings is 1. The van der Waals surface area contributed by atoms with Gasteiger partial charge in [0.2, 0.25) is 11.8 Å². The highest BCUT2D eigenvalue weighted by molar-refractivity contribution is 6.30. The predicted octanol–water partition coefficient (Wildman–Crippen LogP) is 6.07. The average molecular weight is 907 g/mol. The number of likely N-dealkylation sites (N-methyl/N-ethyl adjacent to an activating group) is 1. The van der Waals surface area contributed by atoms with Gasteiger partial charge in [0.25, 0.3) is 5.91 Å². The van der Waals surface area contributed by atoms with Crippen molar-refractivity contribution in [1.29, 1.82) is 0 Å². The lowest BCUT2D eigenvalue weighted by Crippen LogP contribution is -2.62. The summed E-state index contributed by atoms with van der Waals surface area (Å²) in [6.07, 6.45) is 7.31.